The molecule has 0 saturated heterocycles. The van der Waals surface area contributed by atoms with Crippen molar-refractivity contribution in [3.63, 3.8) is 0 Å². The molecule has 1 nitrogen and oxygen atoms in total. The van der Waals surface area contributed by atoms with Gasteiger partial charge in [-0.05, 0) is 101 Å². The molecule has 9 rings (SSSR count). The summed E-state index contributed by atoms with van der Waals surface area (Å²) in [6, 6.07) is 64.1. The molecule has 0 aliphatic rings. The second-order valence-corrected chi connectivity index (χ2v) is 11.8. The van der Waals surface area contributed by atoms with Gasteiger partial charge in [0.25, 0.3) is 0 Å². The SMILES string of the molecule is c1ccc2cc(N(c3ccc(-c4cccc5ccccc45)cc3)c3ccc4ccc5c6ccccc6ccc5c4c3)ccc2c1. The van der Waals surface area contributed by atoms with E-state index in [2.05, 4.69) is 181 Å². The van der Waals surface area contributed by atoms with Crippen LogP contribution in [0.25, 0.3) is 65.0 Å². The molecule has 0 aromatic heterocycles. The Balaban J connectivity index is 1.23. The average molecular weight is 572 g/mol. The summed E-state index contributed by atoms with van der Waals surface area (Å²) < 4.78 is 0. The molecule has 0 fully saturated rings. The summed E-state index contributed by atoms with van der Waals surface area (Å²) in [4.78, 5) is 2.39. The molecule has 0 saturated carbocycles. The molecule has 45 heavy (non-hydrogen) atoms. The van der Waals surface area contributed by atoms with Crippen LogP contribution in [0.3, 0.4) is 0 Å². The zero-order valence-corrected chi connectivity index (χ0v) is 24.7. The van der Waals surface area contributed by atoms with Crippen molar-refractivity contribution in [1.29, 1.82) is 0 Å². The van der Waals surface area contributed by atoms with Gasteiger partial charge in [0.05, 0.1) is 0 Å². The van der Waals surface area contributed by atoms with Crippen LogP contribution in [0.2, 0.25) is 0 Å². The summed E-state index contributed by atoms with van der Waals surface area (Å²) in [6.07, 6.45) is 0. The highest BCUT2D eigenvalue weighted by Gasteiger charge is 2.16. The van der Waals surface area contributed by atoms with E-state index in [1.807, 2.05) is 0 Å². The molecule has 0 N–H and O–H groups in total. The molecule has 9 aromatic rings. The molecule has 0 aliphatic carbocycles. The minimum absolute atomic E-state index is 1.12. The van der Waals surface area contributed by atoms with E-state index in [0.717, 1.165) is 17.1 Å². The van der Waals surface area contributed by atoms with Crippen LogP contribution in [0.4, 0.5) is 17.1 Å². The van der Waals surface area contributed by atoms with E-state index in [4.69, 9.17) is 0 Å². The van der Waals surface area contributed by atoms with Gasteiger partial charge in [-0.25, -0.2) is 0 Å². The Morgan fingerprint density at radius 1 is 0.267 bits per heavy atom. The first-order chi connectivity index (χ1) is 22.3. The first-order valence-corrected chi connectivity index (χ1v) is 15.5. The molecule has 0 amide bonds. The third-order valence-electron chi connectivity index (χ3n) is 9.20. The molecule has 0 atom stereocenters. The largest absolute Gasteiger partial charge is 0.310 e. The summed E-state index contributed by atoms with van der Waals surface area (Å²) in [5.74, 6) is 0. The second-order valence-electron chi connectivity index (χ2n) is 11.8. The highest BCUT2D eigenvalue weighted by molar-refractivity contribution is 6.17. The fraction of sp³-hybridized carbons (Fsp3) is 0. The van der Waals surface area contributed by atoms with Gasteiger partial charge in [0.15, 0.2) is 0 Å². The summed E-state index contributed by atoms with van der Waals surface area (Å²) in [6.45, 7) is 0. The molecular formula is C44H29N. The van der Waals surface area contributed by atoms with E-state index in [0.29, 0.717) is 0 Å². The van der Waals surface area contributed by atoms with Crippen molar-refractivity contribution >= 4 is 70.9 Å². The second kappa shape index (κ2) is 10.4. The lowest BCUT2D eigenvalue weighted by Gasteiger charge is -2.26. The number of nitrogens with zero attached hydrogens (tertiary/aromatic N) is 1. The topological polar surface area (TPSA) is 3.24 Å². The lowest BCUT2D eigenvalue weighted by Crippen LogP contribution is -2.10. The Morgan fingerprint density at radius 3 is 1.56 bits per heavy atom. The van der Waals surface area contributed by atoms with Gasteiger partial charge in [0.1, 0.15) is 0 Å². The molecule has 210 valence electrons. The number of hydrogen-bond acceptors (Lipinski definition) is 1. The Labute approximate surface area is 262 Å². The van der Waals surface area contributed by atoms with Crippen LogP contribution in [0, 0.1) is 0 Å². The van der Waals surface area contributed by atoms with Crippen LogP contribution in [0.1, 0.15) is 0 Å². The molecule has 0 unspecified atom stereocenters. The van der Waals surface area contributed by atoms with Gasteiger partial charge in [-0.2, -0.15) is 0 Å². The van der Waals surface area contributed by atoms with Crippen molar-refractivity contribution in [2.75, 3.05) is 4.90 Å². The molecule has 1 heteroatoms. The first-order valence-electron chi connectivity index (χ1n) is 15.5. The predicted octanol–water partition coefficient (Wildman–Crippen LogP) is 12.6. The number of anilines is 3. The first kappa shape index (κ1) is 25.6. The molecule has 0 spiro atoms. The minimum Gasteiger partial charge on any atom is -0.310 e. The maximum atomic E-state index is 2.39. The Hall–Kier alpha value is -5.92. The molecule has 9 aromatic carbocycles. The third kappa shape index (κ3) is 4.32. The van der Waals surface area contributed by atoms with E-state index >= 15 is 0 Å². The smallest absolute Gasteiger partial charge is 0.0468 e. The number of fused-ring (bicyclic) bond motifs is 7. The Morgan fingerprint density at radius 2 is 0.778 bits per heavy atom. The van der Waals surface area contributed by atoms with Crippen LogP contribution in [-0.4, -0.2) is 0 Å². The van der Waals surface area contributed by atoms with Crippen LogP contribution < -0.4 is 4.90 Å². The fourth-order valence-corrected chi connectivity index (χ4v) is 6.98. The van der Waals surface area contributed by atoms with E-state index in [-0.39, 0.29) is 0 Å². The lowest BCUT2D eigenvalue weighted by molar-refractivity contribution is 1.29. The summed E-state index contributed by atoms with van der Waals surface area (Å²) >= 11 is 0. The van der Waals surface area contributed by atoms with E-state index in [9.17, 15) is 0 Å². The average Bonchev–Trinajstić information content (AvgIpc) is 3.11. The quantitative estimate of drug-likeness (QED) is 0.190. The number of hydrogen-bond donors (Lipinski definition) is 0. The normalized spacial score (nSPS) is 11.6. The highest BCUT2D eigenvalue weighted by Crippen LogP contribution is 2.40. The van der Waals surface area contributed by atoms with Crippen LogP contribution in [0.15, 0.2) is 176 Å². The monoisotopic (exact) mass is 571 g/mol. The van der Waals surface area contributed by atoms with Gasteiger partial charge in [0, 0.05) is 17.1 Å². The van der Waals surface area contributed by atoms with Crippen molar-refractivity contribution in [2.24, 2.45) is 0 Å². The van der Waals surface area contributed by atoms with E-state index in [1.165, 1.54) is 65.0 Å². The molecular weight excluding hydrogens is 542 g/mol. The van der Waals surface area contributed by atoms with Gasteiger partial charge in [-0.3, -0.25) is 0 Å². The standard InChI is InChI=1S/C44H29N/c1-2-11-35-28-37(24-16-30(35)8-1)45(36-22-17-33(18-23-36)40-15-7-12-31-9-3-5-13-39(31)40)38-25-19-34-21-26-42-41-14-6-4-10-32(41)20-27-43(42)44(34)29-38/h1-29H. The van der Waals surface area contributed by atoms with Gasteiger partial charge < -0.3 is 4.90 Å². The summed E-state index contributed by atoms with van der Waals surface area (Å²) in [5, 5.41) is 12.6. The molecule has 0 aliphatic heterocycles. The van der Waals surface area contributed by atoms with Gasteiger partial charge in [-0.1, -0.05) is 140 Å². The van der Waals surface area contributed by atoms with Crippen molar-refractivity contribution in [3.05, 3.63) is 176 Å². The zero-order chi connectivity index (χ0) is 29.7. The number of benzene rings is 9. The lowest BCUT2D eigenvalue weighted by atomic mass is 9.96. The van der Waals surface area contributed by atoms with Crippen molar-refractivity contribution in [1.82, 2.24) is 0 Å². The van der Waals surface area contributed by atoms with Crippen LogP contribution >= 0.6 is 0 Å². The molecule has 0 heterocycles. The predicted molar refractivity (Wildman–Crippen MR) is 194 cm³/mol. The maximum absolute atomic E-state index is 2.39. The third-order valence-corrected chi connectivity index (χ3v) is 9.20. The zero-order valence-electron chi connectivity index (χ0n) is 24.7. The molecule has 0 radical (unpaired) electrons. The fourth-order valence-electron chi connectivity index (χ4n) is 6.98. The van der Waals surface area contributed by atoms with Crippen LogP contribution in [0.5, 0.6) is 0 Å². The van der Waals surface area contributed by atoms with Crippen molar-refractivity contribution < 1.29 is 0 Å². The van der Waals surface area contributed by atoms with Crippen LogP contribution in [-0.2, 0) is 0 Å². The maximum Gasteiger partial charge on any atom is 0.0468 e. The Bertz CT molecular complexity index is 2540. The molecule has 0 bridgehead atoms. The Kier molecular flexibility index (Phi) is 5.89. The van der Waals surface area contributed by atoms with Crippen molar-refractivity contribution in [3.8, 4) is 11.1 Å². The van der Waals surface area contributed by atoms with Gasteiger partial charge >= 0.3 is 0 Å². The van der Waals surface area contributed by atoms with Gasteiger partial charge in [0.2, 0.25) is 0 Å². The highest BCUT2D eigenvalue weighted by atomic mass is 15.1. The van der Waals surface area contributed by atoms with E-state index < -0.39 is 0 Å². The van der Waals surface area contributed by atoms with Gasteiger partial charge in [-0.15, -0.1) is 0 Å². The van der Waals surface area contributed by atoms with Crippen molar-refractivity contribution in [2.45, 2.75) is 0 Å². The van der Waals surface area contributed by atoms with E-state index in [1.54, 1.807) is 0 Å². The minimum atomic E-state index is 1.12. The summed E-state index contributed by atoms with van der Waals surface area (Å²) in [5.41, 5.74) is 5.86. The summed E-state index contributed by atoms with van der Waals surface area (Å²) in [7, 11) is 0. The number of rotatable bonds is 4.